The molecule has 0 aliphatic heterocycles. The van der Waals surface area contributed by atoms with E-state index in [9.17, 15) is 4.79 Å². The fourth-order valence-electron chi connectivity index (χ4n) is 2.63. The molecule has 0 unspecified atom stereocenters. The summed E-state index contributed by atoms with van der Waals surface area (Å²) >= 11 is 0. The normalized spacial score (nSPS) is 11.6. The maximum Gasteiger partial charge on any atom is 0.315 e. The number of carbonyl (C=O) groups is 1. The Kier molecular flexibility index (Phi) is 5.36. The lowest BCUT2D eigenvalue weighted by atomic mass is 10.1. The topological polar surface area (TPSA) is 63.5 Å². The minimum Gasteiger partial charge on any atom is -0.496 e. The van der Waals surface area contributed by atoms with Crippen LogP contribution in [0.2, 0.25) is 0 Å². The molecule has 2 amide bonds. The number of para-hydroxylation sites is 1. The van der Waals surface area contributed by atoms with E-state index >= 15 is 0 Å². The van der Waals surface area contributed by atoms with Crippen molar-refractivity contribution in [1.82, 2.24) is 10.6 Å². The van der Waals surface area contributed by atoms with Gasteiger partial charge in [0.25, 0.3) is 0 Å². The number of urea groups is 1. The van der Waals surface area contributed by atoms with E-state index in [1.165, 1.54) is 0 Å². The molecule has 0 radical (unpaired) electrons. The number of ether oxygens (including phenoxy) is 1. The highest BCUT2D eigenvalue weighted by molar-refractivity contribution is 5.75. The lowest BCUT2D eigenvalue weighted by Crippen LogP contribution is -2.38. The summed E-state index contributed by atoms with van der Waals surface area (Å²) in [7, 11) is 1.61. The molecule has 0 fully saturated rings. The molecule has 2 aromatic carbocycles. The second kappa shape index (κ2) is 8.06. The van der Waals surface area contributed by atoms with Crippen LogP contribution in [0.15, 0.2) is 77.4 Å². The number of amides is 2. The van der Waals surface area contributed by atoms with Gasteiger partial charge in [-0.15, -0.1) is 0 Å². The first-order chi connectivity index (χ1) is 12.3. The van der Waals surface area contributed by atoms with Crippen LogP contribution in [-0.2, 0) is 6.54 Å². The minimum atomic E-state index is -0.353. The Morgan fingerprint density at radius 1 is 1.04 bits per heavy atom. The average Bonchev–Trinajstić information content (AvgIpc) is 3.20. The predicted molar refractivity (Wildman–Crippen MR) is 95.4 cm³/mol. The van der Waals surface area contributed by atoms with Crippen LogP contribution in [0.5, 0.6) is 5.75 Å². The van der Waals surface area contributed by atoms with Crippen LogP contribution in [-0.4, -0.2) is 13.1 Å². The standard InChI is InChI=1S/C20H20N2O3/c1-24-17-11-6-5-10-16(17)14-21-20(23)22-19(18-12-7-13-25-18)15-8-3-2-4-9-15/h2-13,19H,14H2,1H3,(H2,21,22,23)/t19-/m1/s1. The fourth-order valence-corrected chi connectivity index (χ4v) is 2.63. The molecule has 0 spiro atoms. The molecule has 25 heavy (non-hydrogen) atoms. The molecule has 0 saturated carbocycles. The van der Waals surface area contributed by atoms with Crippen molar-refractivity contribution in [3.05, 3.63) is 89.9 Å². The lowest BCUT2D eigenvalue weighted by Gasteiger charge is -2.18. The number of hydrogen-bond acceptors (Lipinski definition) is 3. The zero-order valence-electron chi connectivity index (χ0n) is 13.9. The van der Waals surface area contributed by atoms with Crippen molar-refractivity contribution in [2.75, 3.05) is 7.11 Å². The average molecular weight is 336 g/mol. The van der Waals surface area contributed by atoms with E-state index in [4.69, 9.17) is 9.15 Å². The van der Waals surface area contributed by atoms with E-state index in [1.807, 2.05) is 60.7 Å². The van der Waals surface area contributed by atoms with Crippen molar-refractivity contribution in [3.8, 4) is 5.75 Å². The second-order valence-electron chi connectivity index (χ2n) is 5.50. The van der Waals surface area contributed by atoms with Gasteiger partial charge in [-0.1, -0.05) is 48.5 Å². The molecule has 0 saturated heterocycles. The Bertz CT molecular complexity index is 801. The summed E-state index contributed by atoms with van der Waals surface area (Å²) in [4.78, 5) is 12.4. The number of rotatable bonds is 6. The molecular weight excluding hydrogens is 316 g/mol. The molecule has 3 aromatic rings. The van der Waals surface area contributed by atoms with Crippen LogP contribution in [0, 0.1) is 0 Å². The first kappa shape index (κ1) is 16.6. The van der Waals surface area contributed by atoms with Crippen LogP contribution in [0.4, 0.5) is 4.79 Å². The summed E-state index contributed by atoms with van der Waals surface area (Å²) in [5, 5.41) is 5.82. The number of nitrogens with one attached hydrogen (secondary N) is 2. The van der Waals surface area contributed by atoms with Crippen molar-refractivity contribution in [2.45, 2.75) is 12.6 Å². The maximum absolute atomic E-state index is 12.4. The molecule has 1 aromatic heterocycles. The van der Waals surface area contributed by atoms with Gasteiger partial charge in [0.15, 0.2) is 0 Å². The molecule has 0 bridgehead atoms. The van der Waals surface area contributed by atoms with Gasteiger partial charge in [0.2, 0.25) is 0 Å². The number of methoxy groups -OCH3 is 1. The van der Waals surface area contributed by atoms with Gasteiger partial charge in [-0.05, 0) is 23.8 Å². The second-order valence-corrected chi connectivity index (χ2v) is 5.50. The summed E-state index contributed by atoms with van der Waals surface area (Å²) in [6.07, 6.45) is 1.60. The van der Waals surface area contributed by atoms with Crippen LogP contribution in [0.3, 0.4) is 0 Å². The molecule has 1 atom stereocenters. The van der Waals surface area contributed by atoms with Gasteiger partial charge >= 0.3 is 6.03 Å². The first-order valence-electron chi connectivity index (χ1n) is 8.02. The first-order valence-corrected chi connectivity index (χ1v) is 8.02. The summed E-state index contributed by atoms with van der Waals surface area (Å²) in [5.74, 6) is 1.42. The van der Waals surface area contributed by atoms with Crippen LogP contribution >= 0.6 is 0 Å². The van der Waals surface area contributed by atoms with E-state index in [0.29, 0.717) is 12.3 Å². The highest BCUT2D eigenvalue weighted by atomic mass is 16.5. The van der Waals surface area contributed by atoms with Crippen LogP contribution < -0.4 is 15.4 Å². The van der Waals surface area contributed by atoms with E-state index in [0.717, 1.165) is 16.9 Å². The Balaban J connectivity index is 1.69. The van der Waals surface area contributed by atoms with Crippen molar-refractivity contribution in [3.63, 3.8) is 0 Å². The van der Waals surface area contributed by atoms with E-state index in [1.54, 1.807) is 19.4 Å². The largest absolute Gasteiger partial charge is 0.496 e. The number of furan rings is 1. The zero-order valence-corrected chi connectivity index (χ0v) is 13.9. The van der Waals surface area contributed by atoms with Crippen LogP contribution in [0.25, 0.3) is 0 Å². The fraction of sp³-hybridized carbons (Fsp3) is 0.150. The minimum absolute atomic E-state index is 0.281. The molecule has 3 rings (SSSR count). The Morgan fingerprint density at radius 2 is 1.80 bits per heavy atom. The molecule has 128 valence electrons. The predicted octanol–water partition coefficient (Wildman–Crippen LogP) is 3.88. The Hall–Kier alpha value is -3.21. The van der Waals surface area contributed by atoms with Gasteiger partial charge in [-0.3, -0.25) is 0 Å². The highest BCUT2D eigenvalue weighted by Gasteiger charge is 2.19. The summed E-state index contributed by atoms with van der Waals surface area (Å²) in [6, 6.07) is 20.3. The van der Waals surface area contributed by atoms with E-state index in [2.05, 4.69) is 10.6 Å². The summed E-state index contributed by atoms with van der Waals surface area (Å²) in [6.45, 7) is 0.371. The zero-order chi connectivity index (χ0) is 17.5. The smallest absolute Gasteiger partial charge is 0.315 e. The molecule has 5 nitrogen and oxygen atoms in total. The van der Waals surface area contributed by atoms with E-state index in [-0.39, 0.29) is 12.1 Å². The van der Waals surface area contributed by atoms with Crippen LogP contribution in [0.1, 0.15) is 22.9 Å². The van der Waals surface area contributed by atoms with Gasteiger partial charge in [0.05, 0.1) is 13.4 Å². The van der Waals surface area contributed by atoms with Crippen molar-refractivity contribution in [1.29, 1.82) is 0 Å². The third-order valence-electron chi connectivity index (χ3n) is 3.87. The van der Waals surface area contributed by atoms with Gasteiger partial charge in [0, 0.05) is 12.1 Å². The van der Waals surface area contributed by atoms with Gasteiger partial charge in [0.1, 0.15) is 17.6 Å². The molecule has 2 N–H and O–H groups in total. The molecular formula is C20H20N2O3. The number of hydrogen-bond donors (Lipinski definition) is 2. The Morgan fingerprint density at radius 3 is 2.52 bits per heavy atom. The van der Waals surface area contributed by atoms with E-state index < -0.39 is 0 Å². The Labute approximate surface area is 146 Å². The summed E-state index contributed by atoms with van der Waals surface area (Å²) in [5.41, 5.74) is 1.86. The monoisotopic (exact) mass is 336 g/mol. The van der Waals surface area contributed by atoms with Gasteiger partial charge in [-0.2, -0.15) is 0 Å². The molecule has 5 heteroatoms. The molecule has 0 aliphatic carbocycles. The quantitative estimate of drug-likeness (QED) is 0.718. The third-order valence-corrected chi connectivity index (χ3v) is 3.87. The van der Waals surface area contributed by atoms with Crippen molar-refractivity contribution in [2.24, 2.45) is 0 Å². The number of benzene rings is 2. The molecule has 1 heterocycles. The van der Waals surface area contributed by atoms with Crippen molar-refractivity contribution < 1.29 is 13.9 Å². The van der Waals surface area contributed by atoms with Crippen molar-refractivity contribution >= 4 is 6.03 Å². The van der Waals surface area contributed by atoms with Gasteiger partial charge < -0.3 is 19.8 Å². The SMILES string of the molecule is COc1ccccc1CNC(=O)N[C@H](c1ccccc1)c1ccco1. The highest BCUT2D eigenvalue weighted by Crippen LogP contribution is 2.22. The maximum atomic E-state index is 12.4. The number of carbonyl (C=O) groups excluding carboxylic acids is 1. The molecule has 0 aliphatic rings. The van der Waals surface area contributed by atoms with Gasteiger partial charge in [-0.25, -0.2) is 4.79 Å². The summed E-state index contributed by atoms with van der Waals surface area (Å²) < 4.78 is 10.8. The lowest BCUT2D eigenvalue weighted by molar-refractivity contribution is 0.236. The third kappa shape index (κ3) is 4.20.